The third-order valence-electron chi connectivity index (χ3n) is 4.75. The number of hydrogen-bond donors (Lipinski definition) is 1. The molecule has 1 aromatic rings. The second-order valence-electron chi connectivity index (χ2n) is 7.54. The minimum Gasteiger partial charge on any atom is -0.348 e. The van der Waals surface area contributed by atoms with E-state index in [4.69, 9.17) is 0 Å². The highest BCUT2D eigenvalue weighted by Crippen LogP contribution is 2.24. The van der Waals surface area contributed by atoms with Gasteiger partial charge in [-0.05, 0) is 23.0 Å². The standard InChI is InChI=1S/C19H30N2O3S/c1-14(2)16-5-7-17(8-6-16)19(15(3)4)20-18(22)13-21-9-11-25(23,24)12-10-21/h5-8,14-15,19H,9-13H2,1-4H3,(H,20,22)/t19-/m0/s1. The van der Waals surface area contributed by atoms with Gasteiger partial charge in [0.25, 0.3) is 0 Å². The van der Waals surface area contributed by atoms with E-state index in [2.05, 4.69) is 57.3 Å². The van der Waals surface area contributed by atoms with E-state index in [1.807, 2.05) is 4.90 Å². The Bertz CT molecular complexity index is 667. The number of rotatable bonds is 6. The minimum absolute atomic E-state index is 0.0396. The van der Waals surface area contributed by atoms with Crippen LogP contribution in [0.2, 0.25) is 0 Å². The maximum Gasteiger partial charge on any atom is 0.234 e. The number of sulfone groups is 1. The molecular formula is C19H30N2O3S. The molecule has 1 N–H and O–H groups in total. The molecule has 6 heteroatoms. The molecule has 2 rings (SSSR count). The predicted octanol–water partition coefficient (Wildman–Crippen LogP) is 2.35. The van der Waals surface area contributed by atoms with Gasteiger partial charge in [-0.3, -0.25) is 9.69 Å². The van der Waals surface area contributed by atoms with Gasteiger partial charge in [0.1, 0.15) is 0 Å². The summed E-state index contributed by atoms with van der Waals surface area (Å²) in [6.45, 7) is 9.63. The molecule has 0 saturated carbocycles. The lowest BCUT2D eigenvalue weighted by Gasteiger charge is -2.28. The quantitative estimate of drug-likeness (QED) is 0.839. The third kappa shape index (κ3) is 5.82. The van der Waals surface area contributed by atoms with Crippen molar-refractivity contribution in [2.75, 3.05) is 31.1 Å². The maximum absolute atomic E-state index is 12.4. The first-order chi connectivity index (χ1) is 11.7. The molecule has 1 aliphatic heterocycles. The average Bonchev–Trinajstić information content (AvgIpc) is 2.54. The molecule has 0 bridgehead atoms. The topological polar surface area (TPSA) is 66.5 Å². The first kappa shape index (κ1) is 19.9. The zero-order chi connectivity index (χ0) is 18.6. The number of amides is 1. The van der Waals surface area contributed by atoms with E-state index in [1.54, 1.807) is 0 Å². The van der Waals surface area contributed by atoms with Gasteiger partial charge < -0.3 is 5.32 Å². The highest BCUT2D eigenvalue weighted by Gasteiger charge is 2.24. The lowest BCUT2D eigenvalue weighted by Crippen LogP contribution is -2.46. The average molecular weight is 367 g/mol. The van der Waals surface area contributed by atoms with Crippen LogP contribution >= 0.6 is 0 Å². The molecule has 5 nitrogen and oxygen atoms in total. The van der Waals surface area contributed by atoms with Gasteiger partial charge in [0, 0.05) is 13.1 Å². The Kier molecular flexibility index (Phi) is 6.63. The summed E-state index contributed by atoms with van der Waals surface area (Å²) in [5.74, 6) is 0.993. The van der Waals surface area contributed by atoms with Crippen molar-refractivity contribution in [1.29, 1.82) is 0 Å². The molecule has 1 saturated heterocycles. The summed E-state index contributed by atoms with van der Waals surface area (Å²) in [4.78, 5) is 14.3. The predicted molar refractivity (Wildman–Crippen MR) is 101 cm³/mol. The maximum atomic E-state index is 12.4. The van der Waals surface area contributed by atoms with Crippen molar-refractivity contribution >= 4 is 15.7 Å². The second kappa shape index (κ2) is 8.32. The molecule has 25 heavy (non-hydrogen) atoms. The van der Waals surface area contributed by atoms with Crippen LogP contribution in [0.5, 0.6) is 0 Å². The monoisotopic (exact) mass is 366 g/mol. The van der Waals surface area contributed by atoms with E-state index in [1.165, 1.54) is 5.56 Å². The first-order valence-corrected chi connectivity index (χ1v) is 10.8. The molecule has 0 spiro atoms. The molecule has 0 radical (unpaired) electrons. The summed E-state index contributed by atoms with van der Waals surface area (Å²) in [5.41, 5.74) is 2.39. The molecule has 1 atom stereocenters. The molecule has 1 aliphatic rings. The lowest BCUT2D eigenvalue weighted by molar-refractivity contribution is -0.123. The van der Waals surface area contributed by atoms with Crippen LogP contribution in [0.4, 0.5) is 0 Å². The summed E-state index contributed by atoms with van der Waals surface area (Å²) in [7, 11) is -2.92. The summed E-state index contributed by atoms with van der Waals surface area (Å²) in [6.07, 6.45) is 0. The lowest BCUT2D eigenvalue weighted by atomic mass is 9.93. The zero-order valence-electron chi connectivity index (χ0n) is 15.7. The van der Waals surface area contributed by atoms with Crippen LogP contribution in [0.3, 0.4) is 0 Å². The fourth-order valence-electron chi connectivity index (χ4n) is 3.05. The van der Waals surface area contributed by atoms with Gasteiger partial charge in [-0.15, -0.1) is 0 Å². The van der Waals surface area contributed by atoms with E-state index in [0.717, 1.165) is 5.56 Å². The van der Waals surface area contributed by atoms with Gasteiger partial charge in [-0.1, -0.05) is 52.0 Å². The SMILES string of the molecule is CC(C)c1ccc([C@@H](NC(=O)CN2CCS(=O)(=O)CC2)C(C)C)cc1. The van der Waals surface area contributed by atoms with E-state index in [0.29, 0.717) is 19.0 Å². The molecule has 1 heterocycles. The molecule has 140 valence electrons. The largest absolute Gasteiger partial charge is 0.348 e. The van der Waals surface area contributed by atoms with Crippen molar-refractivity contribution in [3.05, 3.63) is 35.4 Å². The summed E-state index contributed by atoms with van der Waals surface area (Å²) in [6, 6.07) is 8.39. The molecule has 0 aliphatic carbocycles. The third-order valence-corrected chi connectivity index (χ3v) is 6.36. The number of benzene rings is 1. The van der Waals surface area contributed by atoms with E-state index >= 15 is 0 Å². The van der Waals surface area contributed by atoms with Gasteiger partial charge >= 0.3 is 0 Å². The molecule has 0 unspecified atom stereocenters. The molecule has 0 aromatic heterocycles. The van der Waals surface area contributed by atoms with Crippen LogP contribution in [-0.4, -0.2) is 50.4 Å². The number of nitrogens with one attached hydrogen (secondary N) is 1. The van der Waals surface area contributed by atoms with Crippen molar-refractivity contribution in [1.82, 2.24) is 10.2 Å². The zero-order valence-corrected chi connectivity index (χ0v) is 16.5. The molecular weight excluding hydrogens is 336 g/mol. The fraction of sp³-hybridized carbons (Fsp3) is 0.632. The highest BCUT2D eigenvalue weighted by atomic mass is 32.2. The number of carbonyl (C=O) groups excluding carboxylic acids is 1. The van der Waals surface area contributed by atoms with Gasteiger partial charge in [-0.2, -0.15) is 0 Å². The fourth-order valence-corrected chi connectivity index (χ4v) is 4.33. The first-order valence-electron chi connectivity index (χ1n) is 9.00. The van der Waals surface area contributed by atoms with Crippen molar-refractivity contribution < 1.29 is 13.2 Å². The summed E-state index contributed by atoms with van der Waals surface area (Å²) < 4.78 is 23.0. The van der Waals surface area contributed by atoms with Crippen LogP contribution in [0.1, 0.15) is 50.8 Å². The summed E-state index contributed by atoms with van der Waals surface area (Å²) in [5, 5.41) is 3.12. The normalized spacial score (nSPS) is 19.1. The molecule has 1 aromatic carbocycles. The van der Waals surface area contributed by atoms with Crippen molar-refractivity contribution in [3.63, 3.8) is 0 Å². The molecule has 1 amide bonds. The van der Waals surface area contributed by atoms with E-state index < -0.39 is 9.84 Å². The van der Waals surface area contributed by atoms with E-state index in [-0.39, 0.29) is 35.9 Å². The Morgan fingerprint density at radius 3 is 2.04 bits per heavy atom. The molecule has 1 fully saturated rings. The van der Waals surface area contributed by atoms with Gasteiger partial charge in [0.2, 0.25) is 5.91 Å². The smallest absolute Gasteiger partial charge is 0.234 e. The van der Waals surface area contributed by atoms with Gasteiger partial charge in [-0.25, -0.2) is 8.42 Å². The minimum atomic E-state index is -2.92. The second-order valence-corrected chi connectivity index (χ2v) is 9.84. The highest BCUT2D eigenvalue weighted by molar-refractivity contribution is 7.91. The Morgan fingerprint density at radius 1 is 1.04 bits per heavy atom. The summed E-state index contributed by atoms with van der Waals surface area (Å²) >= 11 is 0. The number of nitrogens with zero attached hydrogens (tertiary/aromatic N) is 1. The van der Waals surface area contributed by atoms with Crippen LogP contribution in [0.25, 0.3) is 0 Å². The Hall–Kier alpha value is -1.40. The van der Waals surface area contributed by atoms with Crippen molar-refractivity contribution in [2.45, 2.75) is 39.7 Å². The van der Waals surface area contributed by atoms with Gasteiger partial charge in [0.15, 0.2) is 9.84 Å². The number of hydrogen-bond acceptors (Lipinski definition) is 4. The van der Waals surface area contributed by atoms with Crippen molar-refractivity contribution in [2.24, 2.45) is 5.92 Å². The van der Waals surface area contributed by atoms with Gasteiger partial charge in [0.05, 0.1) is 24.1 Å². The van der Waals surface area contributed by atoms with Crippen LogP contribution < -0.4 is 5.32 Å². The van der Waals surface area contributed by atoms with Crippen molar-refractivity contribution in [3.8, 4) is 0 Å². The Morgan fingerprint density at radius 2 is 1.56 bits per heavy atom. The Balaban J connectivity index is 1.97. The van der Waals surface area contributed by atoms with Crippen LogP contribution in [0.15, 0.2) is 24.3 Å². The van der Waals surface area contributed by atoms with E-state index in [9.17, 15) is 13.2 Å². The van der Waals surface area contributed by atoms with Crippen LogP contribution in [0, 0.1) is 5.92 Å². The Labute approximate surface area is 151 Å². The van der Waals surface area contributed by atoms with Crippen LogP contribution in [-0.2, 0) is 14.6 Å². The number of carbonyl (C=O) groups is 1.